The number of H-pyrrole nitrogens is 1. The molecule has 3 rings (SSSR count). The summed E-state index contributed by atoms with van der Waals surface area (Å²) in [6, 6.07) is 11.1. The highest BCUT2D eigenvalue weighted by molar-refractivity contribution is 5.83. The Morgan fingerprint density at radius 3 is 2.56 bits per heavy atom. The fourth-order valence-electron chi connectivity index (χ4n) is 2.68. The number of rotatable bonds is 5. The number of hydrogen-bond donors (Lipinski definition) is 3. The van der Waals surface area contributed by atoms with E-state index >= 15 is 0 Å². The molecule has 4 nitrogen and oxygen atoms in total. The number of fused-ring (bicyclic) bond motifs is 1. The van der Waals surface area contributed by atoms with Crippen molar-refractivity contribution in [1.29, 1.82) is 0 Å². The monoisotopic (exact) mass is 342 g/mol. The van der Waals surface area contributed by atoms with Crippen LogP contribution >= 0.6 is 0 Å². The molecule has 3 aromatic rings. The van der Waals surface area contributed by atoms with Crippen molar-refractivity contribution in [1.82, 2.24) is 15.6 Å². The third kappa shape index (κ3) is 4.35. The minimum Gasteiger partial charge on any atom is -0.361 e. The van der Waals surface area contributed by atoms with Crippen molar-refractivity contribution in [3.8, 4) is 0 Å². The predicted molar refractivity (Wildman–Crippen MR) is 96.6 cm³/mol. The number of nitrogens with one attached hydrogen (secondary N) is 3. The molecular formula is C19H20F2N4. The van der Waals surface area contributed by atoms with Gasteiger partial charge in [-0.2, -0.15) is 0 Å². The number of aromatic nitrogens is 1. The second-order valence-corrected chi connectivity index (χ2v) is 5.73. The number of halogens is 2. The van der Waals surface area contributed by atoms with Gasteiger partial charge < -0.3 is 15.6 Å². The lowest BCUT2D eigenvalue weighted by atomic mass is 10.1. The molecule has 0 saturated heterocycles. The van der Waals surface area contributed by atoms with Crippen LogP contribution in [0.1, 0.15) is 11.1 Å². The summed E-state index contributed by atoms with van der Waals surface area (Å²) >= 11 is 0. The lowest BCUT2D eigenvalue weighted by molar-refractivity contribution is 0.626. The van der Waals surface area contributed by atoms with Gasteiger partial charge in [-0.05, 0) is 47.9 Å². The summed E-state index contributed by atoms with van der Waals surface area (Å²) in [7, 11) is 1.70. The Kier molecular flexibility index (Phi) is 5.28. The highest BCUT2D eigenvalue weighted by Crippen LogP contribution is 2.19. The van der Waals surface area contributed by atoms with Gasteiger partial charge in [-0.25, -0.2) is 8.78 Å². The first kappa shape index (κ1) is 17.0. The summed E-state index contributed by atoms with van der Waals surface area (Å²) in [4.78, 5) is 7.32. The molecule has 130 valence electrons. The van der Waals surface area contributed by atoms with Crippen molar-refractivity contribution in [3.05, 3.63) is 71.4 Å². The molecule has 2 aromatic carbocycles. The van der Waals surface area contributed by atoms with E-state index in [-0.39, 0.29) is 11.6 Å². The predicted octanol–water partition coefficient (Wildman–Crippen LogP) is 3.35. The van der Waals surface area contributed by atoms with E-state index in [9.17, 15) is 8.78 Å². The quantitative estimate of drug-likeness (QED) is 0.492. The maximum Gasteiger partial charge on any atom is 0.191 e. The van der Waals surface area contributed by atoms with E-state index in [1.807, 2.05) is 6.20 Å². The molecule has 0 aliphatic heterocycles. The van der Waals surface area contributed by atoms with Gasteiger partial charge in [-0.15, -0.1) is 0 Å². The first-order chi connectivity index (χ1) is 12.2. The average Bonchev–Trinajstić information content (AvgIpc) is 3.01. The molecule has 1 heterocycles. The van der Waals surface area contributed by atoms with Gasteiger partial charge in [0.2, 0.25) is 0 Å². The van der Waals surface area contributed by atoms with Gasteiger partial charge in [-0.3, -0.25) is 4.99 Å². The Bertz CT molecular complexity index is 869. The maximum atomic E-state index is 13.4. The Hall–Kier alpha value is -2.89. The van der Waals surface area contributed by atoms with Crippen LogP contribution in [-0.2, 0) is 13.0 Å². The van der Waals surface area contributed by atoms with Gasteiger partial charge in [0.25, 0.3) is 0 Å². The van der Waals surface area contributed by atoms with Crippen LogP contribution in [0.25, 0.3) is 10.9 Å². The third-order valence-corrected chi connectivity index (χ3v) is 4.01. The van der Waals surface area contributed by atoms with Crippen LogP contribution in [0.15, 0.2) is 53.7 Å². The number of guanidine groups is 1. The summed E-state index contributed by atoms with van der Waals surface area (Å²) in [6.07, 6.45) is 2.64. The lowest BCUT2D eigenvalue weighted by Gasteiger charge is -2.11. The van der Waals surface area contributed by atoms with Crippen LogP contribution in [0.5, 0.6) is 0 Å². The molecule has 0 spiro atoms. The van der Waals surface area contributed by atoms with E-state index in [1.165, 1.54) is 18.2 Å². The van der Waals surface area contributed by atoms with Crippen molar-refractivity contribution >= 4 is 16.9 Å². The number of hydrogen-bond acceptors (Lipinski definition) is 1. The van der Waals surface area contributed by atoms with Crippen LogP contribution in [0.2, 0.25) is 0 Å². The Morgan fingerprint density at radius 2 is 1.80 bits per heavy atom. The fourth-order valence-corrected chi connectivity index (χ4v) is 2.68. The number of aliphatic imine (C=N–C) groups is 1. The minimum absolute atomic E-state index is 0.238. The zero-order valence-corrected chi connectivity index (χ0v) is 13.9. The number of nitrogens with zero attached hydrogens (tertiary/aromatic N) is 1. The van der Waals surface area contributed by atoms with Crippen LogP contribution in [-0.4, -0.2) is 24.5 Å². The molecule has 3 N–H and O–H groups in total. The van der Waals surface area contributed by atoms with Crippen LogP contribution < -0.4 is 10.6 Å². The summed E-state index contributed by atoms with van der Waals surface area (Å²) in [5.41, 5.74) is 2.95. The third-order valence-electron chi connectivity index (χ3n) is 4.01. The average molecular weight is 342 g/mol. The van der Waals surface area contributed by atoms with E-state index < -0.39 is 0 Å². The van der Waals surface area contributed by atoms with Gasteiger partial charge in [0.15, 0.2) is 5.96 Å². The Balaban J connectivity index is 1.52. The smallest absolute Gasteiger partial charge is 0.191 e. The first-order valence-electron chi connectivity index (χ1n) is 8.10. The van der Waals surface area contributed by atoms with Crippen molar-refractivity contribution in [2.24, 2.45) is 4.99 Å². The molecule has 0 radical (unpaired) electrons. The summed E-state index contributed by atoms with van der Waals surface area (Å²) < 4.78 is 26.3. The largest absolute Gasteiger partial charge is 0.361 e. The standard InChI is InChI=1S/C19H20F2N4/c1-22-19(25-11-13-2-4-15(20)5-3-13)23-9-8-14-12-24-18-7-6-16(21)10-17(14)18/h2-7,10,12,24H,8-9,11H2,1H3,(H2,22,23,25). The summed E-state index contributed by atoms with van der Waals surface area (Å²) in [5, 5.41) is 7.31. The molecule has 0 bridgehead atoms. The molecular weight excluding hydrogens is 322 g/mol. The van der Waals surface area contributed by atoms with Gasteiger partial charge in [0, 0.05) is 37.2 Å². The van der Waals surface area contributed by atoms with E-state index in [0.717, 1.165) is 28.5 Å². The molecule has 1 aromatic heterocycles. The lowest BCUT2D eigenvalue weighted by Crippen LogP contribution is -2.37. The molecule has 0 saturated carbocycles. The van der Waals surface area contributed by atoms with Crippen LogP contribution in [0, 0.1) is 11.6 Å². The Morgan fingerprint density at radius 1 is 1.04 bits per heavy atom. The SMILES string of the molecule is CN=C(NCCc1c[nH]c2ccc(F)cc12)NCc1ccc(F)cc1. The molecule has 25 heavy (non-hydrogen) atoms. The van der Waals surface area contributed by atoms with Crippen LogP contribution in [0.4, 0.5) is 8.78 Å². The fraction of sp³-hybridized carbons (Fsp3) is 0.211. The van der Waals surface area contributed by atoms with Gasteiger partial charge in [0.05, 0.1) is 0 Å². The van der Waals surface area contributed by atoms with Crippen molar-refractivity contribution in [3.63, 3.8) is 0 Å². The van der Waals surface area contributed by atoms with E-state index in [0.29, 0.717) is 19.0 Å². The molecule has 6 heteroatoms. The highest BCUT2D eigenvalue weighted by Gasteiger charge is 2.05. The number of aromatic amines is 1. The molecule has 0 aliphatic rings. The van der Waals surface area contributed by atoms with E-state index in [1.54, 1.807) is 31.3 Å². The van der Waals surface area contributed by atoms with Crippen molar-refractivity contribution < 1.29 is 8.78 Å². The van der Waals surface area contributed by atoms with Gasteiger partial charge in [0.1, 0.15) is 11.6 Å². The highest BCUT2D eigenvalue weighted by atomic mass is 19.1. The van der Waals surface area contributed by atoms with Gasteiger partial charge in [-0.1, -0.05) is 12.1 Å². The van der Waals surface area contributed by atoms with Crippen LogP contribution in [0.3, 0.4) is 0 Å². The van der Waals surface area contributed by atoms with Gasteiger partial charge >= 0.3 is 0 Å². The molecule has 0 fully saturated rings. The molecule has 0 aliphatic carbocycles. The molecule has 0 amide bonds. The van der Waals surface area contributed by atoms with E-state index in [4.69, 9.17) is 0 Å². The van der Waals surface area contributed by atoms with E-state index in [2.05, 4.69) is 20.6 Å². The Labute approximate surface area is 145 Å². The first-order valence-corrected chi connectivity index (χ1v) is 8.10. The summed E-state index contributed by atoms with van der Waals surface area (Å²) in [6.45, 7) is 1.21. The molecule has 0 atom stereocenters. The zero-order chi connectivity index (χ0) is 17.6. The summed E-state index contributed by atoms with van der Waals surface area (Å²) in [5.74, 6) is 0.176. The van der Waals surface area contributed by atoms with Crippen molar-refractivity contribution in [2.45, 2.75) is 13.0 Å². The maximum absolute atomic E-state index is 13.4. The minimum atomic E-state index is -0.249. The van der Waals surface area contributed by atoms with Crippen molar-refractivity contribution in [2.75, 3.05) is 13.6 Å². The number of benzene rings is 2. The normalized spacial score (nSPS) is 11.7. The topological polar surface area (TPSA) is 52.2 Å². The molecule has 0 unspecified atom stereocenters. The zero-order valence-electron chi connectivity index (χ0n) is 13.9. The second kappa shape index (κ2) is 7.79. The second-order valence-electron chi connectivity index (χ2n) is 5.73.